The first-order valence-electron chi connectivity index (χ1n) is 10.9. The quantitative estimate of drug-likeness (QED) is 0.308. The molecule has 2 aliphatic rings. The van der Waals surface area contributed by atoms with Gasteiger partial charge in [0.25, 0.3) is 0 Å². The summed E-state index contributed by atoms with van der Waals surface area (Å²) in [5, 5.41) is 6.84. The first-order valence-corrected chi connectivity index (χ1v) is 10.9. The van der Waals surface area contributed by atoms with E-state index in [0.717, 1.165) is 50.1 Å². The van der Waals surface area contributed by atoms with Crippen molar-refractivity contribution in [1.82, 2.24) is 10.6 Å². The molecule has 1 aromatic carbocycles. The van der Waals surface area contributed by atoms with E-state index < -0.39 is 0 Å². The molecule has 176 valence electrons. The Kier molecular flexibility index (Phi) is 9.69. The number of hydrogen-bond donors (Lipinski definition) is 2. The number of methoxy groups -OCH3 is 1. The number of ether oxygens (including phenoxy) is 4. The zero-order valence-corrected chi connectivity index (χ0v) is 21.8. The smallest absolute Gasteiger partial charge is 0.231 e. The van der Waals surface area contributed by atoms with E-state index in [1.165, 1.54) is 5.56 Å². The molecule has 1 fully saturated rings. The third-order valence-electron chi connectivity index (χ3n) is 6.02. The minimum Gasteiger partial charge on any atom is -0.454 e. The van der Waals surface area contributed by atoms with Crippen molar-refractivity contribution < 1.29 is 18.9 Å². The van der Waals surface area contributed by atoms with Gasteiger partial charge in [-0.1, -0.05) is 26.8 Å². The average molecular weight is 547 g/mol. The summed E-state index contributed by atoms with van der Waals surface area (Å²) in [6.07, 6.45) is 1.95. The van der Waals surface area contributed by atoms with Crippen molar-refractivity contribution in [1.29, 1.82) is 0 Å². The number of benzene rings is 1. The van der Waals surface area contributed by atoms with Gasteiger partial charge in [-0.25, -0.2) is 0 Å². The van der Waals surface area contributed by atoms with Crippen LogP contribution in [0.4, 0.5) is 0 Å². The molecule has 0 radical (unpaired) electrons. The highest BCUT2D eigenvalue weighted by Crippen LogP contribution is 2.41. The lowest BCUT2D eigenvalue weighted by atomic mass is 9.74. The molecule has 3 rings (SSSR count). The van der Waals surface area contributed by atoms with Crippen LogP contribution in [0.25, 0.3) is 0 Å². The van der Waals surface area contributed by atoms with E-state index in [4.69, 9.17) is 23.9 Å². The van der Waals surface area contributed by atoms with Crippen molar-refractivity contribution in [3.05, 3.63) is 23.8 Å². The number of hydrogen-bond acceptors (Lipinski definition) is 5. The summed E-state index contributed by atoms with van der Waals surface area (Å²) in [6, 6.07) is 6.27. The van der Waals surface area contributed by atoms with Crippen LogP contribution < -0.4 is 20.1 Å². The minimum absolute atomic E-state index is 0. The third kappa shape index (κ3) is 6.61. The van der Waals surface area contributed by atoms with Gasteiger partial charge in [-0.3, -0.25) is 4.99 Å². The van der Waals surface area contributed by atoms with Crippen LogP contribution in [-0.4, -0.2) is 58.8 Å². The maximum absolute atomic E-state index is 5.68. The van der Waals surface area contributed by atoms with Crippen LogP contribution in [0.2, 0.25) is 0 Å². The molecule has 0 saturated carbocycles. The van der Waals surface area contributed by atoms with Crippen LogP contribution in [0.15, 0.2) is 23.2 Å². The Bertz CT molecular complexity index is 730. The first kappa shape index (κ1) is 26.0. The number of rotatable bonds is 7. The second-order valence-electron chi connectivity index (χ2n) is 9.13. The summed E-state index contributed by atoms with van der Waals surface area (Å²) in [4.78, 5) is 4.98. The topological polar surface area (TPSA) is 73.3 Å². The fourth-order valence-corrected chi connectivity index (χ4v) is 4.03. The van der Waals surface area contributed by atoms with Crippen molar-refractivity contribution in [2.24, 2.45) is 10.4 Å². The van der Waals surface area contributed by atoms with E-state index in [9.17, 15) is 0 Å². The lowest BCUT2D eigenvalue weighted by molar-refractivity contribution is 0.0205. The van der Waals surface area contributed by atoms with Crippen molar-refractivity contribution in [2.75, 3.05) is 46.8 Å². The van der Waals surface area contributed by atoms with Crippen molar-refractivity contribution in [2.45, 2.75) is 52.1 Å². The van der Waals surface area contributed by atoms with Crippen molar-refractivity contribution >= 4 is 29.9 Å². The number of nitrogens with zero attached hydrogens (tertiary/aromatic N) is 1. The van der Waals surface area contributed by atoms with Crippen LogP contribution in [0.3, 0.4) is 0 Å². The molecule has 2 N–H and O–H groups in total. The number of nitrogens with one attached hydrogen (secondary N) is 2. The van der Waals surface area contributed by atoms with Gasteiger partial charge >= 0.3 is 0 Å². The molecular weight excluding hydrogens is 509 g/mol. The predicted molar refractivity (Wildman–Crippen MR) is 134 cm³/mol. The van der Waals surface area contributed by atoms with E-state index in [-0.39, 0.29) is 47.7 Å². The van der Waals surface area contributed by atoms with Crippen molar-refractivity contribution in [3.8, 4) is 11.5 Å². The number of fused-ring (bicyclic) bond motifs is 1. The second kappa shape index (κ2) is 11.6. The fraction of sp³-hybridized carbons (Fsp3) is 0.696. The van der Waals surface area contributed by atoms with Crippen LogP contribution >= 0.6 is 24.0 Å². The van der Waals surface area contributed by atoms with Gasteiger partial charge < -0.3 is 29.6 Å². The summed E-state index contributed by atoms with van der Waals surface area (Å²) >= 11 is 0. The molecular formula is C23H38IN3O4. The van der Waals surface area contributed by atoms with Gasteiger partial charge in [-0.15, -0.1) is 24.0 Å². The Morgan fingerprint density at radius 1 is 1.16 bits per heavy atom. The summed E-state index contributed by atoms with van der Waals surface area (Å²) in [7, 11) is 1.76. The zero-order chi connectivity index (χ0) is 21.6. The molecule has 7 nitrogen and oxygen atoms in total. The molecule has 1 aromatic rings. The van der Waals surface area contributed by atoms with Gasteiger partial charge in [0, 0.05) is 38.8 Å². The third-order valence-corrected chi connectivity index (χ3v) is 6.02. The van der Waals surface area contributed by atoms with Crippen LogP contribution in [0.5, 0.6) is 11.5 Å². The molecule has 8 heteroatoms. The first-order chi connectivity index (χ1) is 14.4. The Hall–Kier alpha value is -1.26. The lowest BCUT2D eigenvalue weighted by Gasteiger charge is -2.37. The standard InChI is InChI=1S/C23H37N3O4.HI/c1-6-24-21(25-14-20(27-5)22(2,3)4)26-15-23(9-11-28-12-10-23)17-7-8-18-19(13-17)30-16-29-18;/h7-8,13,20H,6,9-12,14-16H2,1-5H3,(H2,24,25,26);1H. The minimum atomic E-state index is -0.0771. The van der Waals surface area contributed by atoms with Gasteiger partial charge in [-0.05, 0) is 42.9 Å². The number of aliphatic imine (C=N–C) groups is 1. The fourth-order valence-electron chi connectivity index (χ4n) is 4.03. The summed E-state index contributed by atoms with van der Waals surface area (Å²) < 4.78 is 22.5. The molecule has 1 unspecified atom stereocenters. The van der Waals surface area contributed by atoms with Crippen LogP contribution in [-0.2, 0) is 14.9 Å². The maximum Gasteiger partial charge on any atom is 0.231 e. The SMILES string of the molecule is CCNC(=NCC1(c2ccc3c(c2)OCO3)CCOCC1)NCC(OC)C(C)(C)C.I. The largest absolute Gasteiger partial charge is 0.454 e. The van der Waals surface area contributed by atoms with Crippen molar-refractivity contribution in [3.63, 3.8) is 0 Å². The Morgan fingerprint density at radius 3 is 2.52 bits per heavy atom. The highest BCUT2D eigenvalue weighted by molar-refractivity contribution is 14.0. The molecule has 1 saturated heterocycles. The summed E-state index contributed by atoms with van der Waals surface area (Å²) in [6.45, 7) is 12.6. The molecule has 31 heavy (non-hydrogen) atoms. The van der Waals surface area contributed by atoms with E-state index in [2.05, 4.69) is 50.5 Å². The molecule has 0 bridgehead atoms. The van der Waals surface area contributed by atoms with E-state index in [1.54, 1.807) is 7.11 Å². The molecule has 0 aliphatic carbocycles. The highest BCUT2D eigenvalue weighted by Gasteiger charge is 2.36. The van der Waals surface area contributed by atoms with E-state index in [1.807, 2.05) is 6.07 Å². The second-order valence-corrected chi connectivity index (χ2v) is 9.13. The highest BCUT2D eigenvalue weighted by atomic mass is 127. The van der Waals surface area contributed by atoms with E-state index in [0.29, 0.717) is 13.1 Å². The Labute approximate surface area is 203 Å². The molecule has 2 aliphatic heterocycles. The molecule has 1 atom stereocenters. The van der Waals surface area contributed by atoms with Gasteiger partial charge in [0.05, 0.1) is 12.6 Å². The Morgan fingerprint density at radius 2 is 1.87 bits per heavy atom. The molecule has 0 amide bonds. The van der Waals surface area contributed by atoms with Gasteiger partial charge in [0.1, 0.15) is 0 Å². The van der Waals surface area contributed by atoms with Gasteiger partial charge in [0.2, 0.25) is 6.79 Å². The monoisotopic (exact) mass is 547 g/mol. The lowest BCUT2D eigenvalue weighted by Crippen LogP contribution is -2.46. The zero-order valence-electron chi connectivity index (χ0n) is 19.5. The normalized spacial score (nSPS) is 18.8. The van der Waals surface area contributed by atoms with Gasteiger partial charge in [0.15, 0.2) is 17.5 Å². The van der Waals surface area contributed by atoms with Gasteiger partial charge in [-0.2, -0.15) is 0 Å². The maximum atomic E-state index is 5.68. The van der Waals surface area contributed by atoms with Crippen LogP contribution in [0, 0.1) is 5.41 Å². The predicted octanol–water partition coefficient (Wildman–Crippen LogP) is 3.70. The van der Waals surface area contributed by atoms with E-state index >= 15 is 0 Å². The Balaban J connectivity index is 0.00000341. The molecule has 0 aromatic heterocycles. The van der Waals surface area contributed by atoms with Crippen LogP contribution in [0.1, 0.15) is 46.1 Å². The molecule has 0 spiro atoms. The number of guanidine groups is 1. The average Bonchev–Trinajstić information content (AvgIpc) is 3.20. The number of halogens is 1. The summed E-state index contributed by atoms with van der Waals surface area (Å²) in [5.74, 6) is 2.45. The molecule has 2 heterocycles. The summed E-state index contributed by atoms with van der Waals surface area (Å²) in [5.41, 5.74) is 1.21.